The minimum Gasteiger partial charge on any atom is -0.467 e. The van der Waals surface area contributed by atoms with Crippen molar-refractivity contribution in [3.63, 3.8) is 0 Å². The second kappa shape index (κ2) is 6.47. The van der Waals surface area contributed by atoms with Gasteiger partial charge in [0.05, 0.1) is 18.8 Å². The molecule has 0 aliphatic heterocycles. The second-order valence-electron chi connectivity index (χ2n) is 4.29. The Balaban J connectivity index is 1.90. The topological polar surface area (TPSA) is 37.2 Å². The van der Waals surface area contributed by atoms with Gasteiger partial charge < -0.3 is 15.1 Å². The van der Waals surface area contributed by atoms with Gasteiger partial charge in [-0.15, -0.1) is 0 Å². The summed E-state index contributed by atoms with van der Waals surface area (Å²) in [6.45, 7) is 2.19. The molecule has 1 aromatic carbocycles. The zero-order valence-corrected chi connectivity index (χ0v) is 11.6. The lowest BCUT2D eigenvalue weighted by Crippen LogP contribution is -2.36. The van der Waals surface area contributed by atoms with Gasteiger partial charge >= 0.3 is 0 Å². The third-order valence-electron chi connectivity index (χ3n) is 2.78. The summed E-state index contributed by atoms with van der Waals surface area (Å²) < 4.78 is 31.6. The molecule has 0 radical (unpaired) electrons. The molecule has 2 aromatic rings. The van der Waals surface area contributed by atoms with Gasteiger partial charge in [0.2, 0.25) is 0 Å². The molecule has 20 heavy (non-hydrogen) atoms. The van der Waals surface area contributed by atoms with Crippen LogP contribution in [0.15, 0.2) is 41.0 Å². The zero-order valence-electron chi connectivity index (χ0n) is 10.8. The van der Waals surface area contributed by atoms with E-state index in [0.717, 1.165) is 11.8 Å². The summed E-state index contributed by atoms with van der Waals surface area (Å²) >= 11 is 5.11. The second-order valence-corrected chi connectivity index (χ2v) is 4.70. The van der Waals surface area contributed by atoms with Crippen LogP contribution >= 0.6 is 12.2 Å². The van der Waals surface area contributed by atoms with Crippen molar-refractivity contribution in [3.8, 4) is 0 Å². The Labute approximate surface area is 121 Å². The Bertz CT molecular complexity index is 587. The van der Waals surface area contributed by atoms with Gasteiger partial charge in [-0.1, -0.05) is 6.07 Å². The Morgan fingerprint density at radius 3 is 2.80 bits per heavy atom. The predicted molar refractivity (Wildman–Crippen MR) is 76.1 cm³/mol. The highest BCUT2D eigenvalue weighted by atomic mass is 32.1. The van der Waals surface area contributed by atoms with E-state index < -0.39 is 11.6 Å². The van der Waals surface area contributed by atoms with Crippen molar-refractivity contribution in [2.24, 2.45) is 0 Å². The van der Waals surface area contributed by atoms with Gasteiger partial charge in [0.1, 0.15) is 17.4 Å². The Morgan fingerprint density at radius 1 is 1.35 bits per heavy atom. The number of benzene rings is 1. The van der Waals surface area contributed by atoms with Gasteiger partial charge in [-0.05, 0) is 37.3 Å². The molecular formula is C14H14F2N2OS. The third kappa shape index (κ3) is 3.77. The third-order valence-corrected chi connectivity index (χ3v) is 3.04. The first kappa shape index (κ1) is 14.5. The Hall–Kier alpha value is -1.95. The van der Waals surface area contributed by atoms with Crippen LogP contribution in [0, 0.1) is 11.6 Å². The molecule has 0 amide bonds. The highest BCUT2D eigenvalue weighted by molar-refractivity contribution is 7.80. The summed E-state index contributed by atoms with van der Waals surface area (Å²) in [5, 5.41) is 6.25. The number of furan rings is 1. The molecule has 2 N–H and O–H groups in total. The maximum atomic E-state index is 13.6. The highest BCUT2D eigenvalue weighted by Gasteiger charge is 2.12. The summed E-state index contributed by atoms with van der Waals surface area (Å²) in [6, 6.07) is 6.70. The van der Waals surface area contributed by atoms with Crippen molar-refractivity contribution < 1.29 is 13.2 Å². The maximum Gasteiger partial charge on any atom is 0.167 e. The molecule has 0 aliphatic carbocycles. The van der Waals surface area contributed by atoms with E-state index in [4.69, 9.17) is 16.6 Å². The number of nitrogens with one attached hydrogen (secondary N) is 2. The largest absolute Gasteiger partial charge is 0.467 e. The van der Waals surface area contributed by atoms with Crippen molar-refractivity contribution in [1.82, 2.24) is 10.6 Å². The average Bonchev–Trinajstić information content (AvgIpc) is 2.89. The van der Waals surface area contributed by atoms with Gasteiger partial charge in [-0.3, -0.25) is 0 Å². The molecule has 1 aromatic heterocycles. The lowest BCUT2D eigenvalue weighted by Gasteiger charge is -2.17. The summed E-state index contributed by atoms with van der Waals surface area (Å²) in [5.74, 6) is -0.453. The number of halogens is 2. The van der Waals surface area contributed by atoms with Crippen LogP contribution in [0.25, 0.3) is 0 Å². The Kier molecular flexibility index (Phi) is 4.68. The quantitative estimate of drug-likeness (QED) is 0.849. The van der Waals surface area contributed by atoms with Crippen LogP contribution in [0.3, 0.4) is 0 Å². The molecule has 0 unspecified atom stereocenters. The molecule has 0 saturated heterocycles. The van der Waals surface area contributed by atoms with E-state index in [1.54, 1.807) is 19.3 Å². The van der Waals surface area contributed by atoms with Crippen LogP contribution in [0.5, 0.6) is 0 Å². The minimum atomic E-state index is -0.600. The lowest BCUT2D eigenvalue weighted by molar-refractivity contribution is 0.500. The summed E-state index contributed by atoms with van der Waals surface area (Å²) in [7, 11) is 0. The molecular weight excluding hydrogens is 282 g/mol. The van der Waals surface area contributed by atoms with Gasteiger partial charge in [0.15, 0.2) is 5.11 Å². The van der Waals surface area contributed by atoms with Crippen molar-refractivity contribution in [2.45, 2.75) is 19.5 Å². The van der Waals surface area contributed by atoms with Crippen molar-refractivity contribution in [2.75, 3.05) is 0 Å². The smallest absolute Gasteiger partial charge is 0.167 e. The van der Waals surface area contributed by atoms with Crippen LogP contribution in [-0.4, -0.2) is 5.11 Å². The predicted octanol–water partition coefficient (Wildman–Crippen LogP) is 3.28. The van der Waals surface area contributed by atoms with Crippen LogP contribution in [0.2, 0.25) is 0 Å². The fourth-order valence-electron chi connectivity index (χ4n) is 1.76. The molecule has 6 heteroatoms. The summed E-state index contributed by atoms with van der Waals surface area (Å²) in [4.78, 5) is 0. The molecule has 2 rings (SSSR count). The normalized spacial score (nSPS) is 11.9. The molecule has 3 nitrogen and oxygen atoms in total. The lowest BCUT2D eigenvalue weighted by atomic mass is 10.1. The van der Waals surface area contributed by atoms with Crippen LogP contribution in [0.1, 0.15) is 24.3 Å². The maximum absolute atomic E-state index is 13.6. The number of thiocarbonyl (C=S) groups is 1. The van der Waals surface area contributed by atoms with Gasteiger partial charge in [-0.2, -0.15) is 0 Å². The minimum absolute atomic E-state index is 0.355. The van der Waals surface area contributed by atoms with Gasteiger partial charge in [0, 0.05) is 11.6 Å². The first-order chi connectivity index (χ1) is 9.56. The number of hydrogen-bond acceptors (Lipinski definition) is 2. The van der Waals surface area contributed by atoms with Gasteiger partial charge in [0.25, 0.3) is 0 Å². The molecule has 0 spiro atoms. The summed E-state index contributed by atoms with van der Waals surface area (Å²) in [5.41, 5.74) is 0.355. The molecule has 1 heterocycles. The average molecular weight is 296 g/mol. The highest BCUT2D eigenvalue weighted by Crippen LogP contribution is 2.17. The first-order valence-corrected chi connectivity index (χ1v) is 6.49. The van der Waals surface area contributed by atoms with E-state index in [1.807, 2.05) is 6.07 Å². The zero-order chi connectivity index (χ0) is 14.5. The van der Waals surface area contributed by atoms with E-state index >= 15 is 0 Å². The van der Waals surface area contributed by atoms with Crippen LogP contribution in [-0.2, 0) is 6.54 Å². The number of rotatable bonds is 4. The first-order valence-electron chi connectivity index (χ1n) is 6.08. The van der Waals surface area contributed by atoms with E-state index in [1.165, 1.54) is 12.1 Å². The van der Waals surface area contributed by atoms with E-state index in [-0.39, 0.29) is 6.04 Å². The molecule has 0 saturated carbocycles. The summed E-state index contributed by atoms with van der Waals surface area (Å²) in [6.07, 6.45) is 1.57. The fourth-order valence-corrected chi connectivity index (χ4v) is 2.01. The molecule has 106 valence electrons. The van der Waals surface area contributed by atoms with Crippen molar-refractivity contribution in [1.29, 1.82) is 0 Å². The molecule has 0 bridgehead atoms. The van der Waals surface area contributed by atoms with Crippen molar-refractivity contribution in [3.05, 3.63) is 59.6 Å². The van der Waals surface area contributed by atoms with E-state index in [0.29, 0.717) is 17.2 Å². The SMILES string of the molecule is C[C@H](NC(=S)NCc1ccco1)c1ccc(F)cc1F. The van der Waals surface area contributed by atoms with E-state index in [2.05, 4.69) is 10.6 Å². The van der Waals surface area contributed by atoms with Gasteiger partial charge in [-0.25, -0.2) is 8.78 Å². The standard InChI is InChI=1S/C14H14F2N2OS/c1-9(12-5-4-10(15)7-13(12)16)18-14(20)17-8-11-3-2-6-19-11/h2-7,9H,8H2,1H3,(H2,17,18,20)/t9-/m0/s1. The van der Waals surface area contributed by atoms with Crippen molar-refractivity contribution >= 4 is 17.3 Å². The molecule has 0 fully saturated rings. The van der Waals surface area contributed by atoms with E-state index in [9.17, 15) is 8.78 Å². The molecule has 0 aliphatic rings. The monoisotopic (exact) mass is 296 g/mol. The Morgan fingerprint density at radius 2 is 2.15 bits per heavy atom. The fraction of sp³-hybridized carbons (Fsp3) is 0.214. The number of hydrogen-bond donors (Lipinski definition) is 2. The molecule has 1 atom stereocenters. The van der Waals surface area contributed by atoms with Crippen LogP contribution < -0.4 is 10.6 Å². The van der Waals surface area contributed by atoms with Crippen LogP contribution in [0.4, 0.5) is 8.78 Å².